The van der Waals surface area contributed by atoms with Gasteiger partial charge in [0.05, 0.1) is 0 Å². The molecule has 0 saturated carbocycles. The Morgan fingerprint density at radius 2 is 2.27 bits per heavy atom. The number of fused-ring (bicyclic) bond motifs is 1. The van der Waals surface area contributed by atoms with Crippen molar-refractivity contribution < 1.29 is 4.79 Å². The fourth-order valence-electron chi connectivity index (χ4n) is 1.79. The van der Waals surface area contributed by atoms with Gasteiger partial charge in [-0.2, -0.15) is 0 Å². The molecule has 1 aliphatic rings. The third kappa shape index (κ3) is 1.92. The average Bonchev–Trinajstić information content (AvgIpc) is 2.58. The van der Waals surface area contributed by atoms with Gasteiger partial charge in [-0.25, -0.2) is 0 Å². The summed E-state index contributed by atoms with van der Waals surface area (Å²) < 4.78 is 0. The largest absolute Gasteiger partial charge is 0.373 e. The maximum atomic E-state index is 11.7. The molecule has 0 aliphatic carbocycles. The maximum Gasteiger partial charge on any atom is 0.244 e. The number of likely N-dealkylation sites (N-methyl/N-ethyl adjacent to an activating group) is 1. The Morgan fingerprint density at radius 3 is 2.93 bits per heavy atom. The van der Waals surface area contributed by atoms with Gasteiger partial charge in [-0.05, 0) is 23.8 Å². The van der Waals surface area contributed by atoms with Crippen LogP contribution in [0.5, 0.6) is 0 Å². The van der Waals surface area contributed by atoms with Gasteiger partial charge in [-0.15, -0.1) is 0 Å². The molecule has 0 saturated heterocycles. The van der Waals surface area contributed by atoms with Crippen LogP contribution in [0, 0.1) is 0 Å². The molecule has 15 heavy (non-hydrogen) atoms. The van der Waals surface area contributed by atoms with Gasteiger partial charge < -0.3 is 10.2 Å². The molecule has 0 fully saturated rings. The van der Waals surface area contributed by atoms with Crippen LogP contribution >= 0.6 is 11.6 Å². The van der Waals surface area contributed by atoms with Gasteiger partial charge in [0.1, 0.15) is 6.04 Å². The van der Waals surface area contributed by atoms with Crippen molar-refractivity contribution in [1.82, 2.24) is 4.90 Å². The van der Waals surface area contributed by atoms with Crippen LogP contribution in [0.25, 0.3) is 0 Å². The van der Waals surface area contributed by atoms with E-state index in [1.807, 2.05) is 18.2 Å². The topological polar surface area (TPSA) is 32.3 Å². The van der Waals surface area contributed by atoms with Crippen molar-refractivity contribution in [2.75, 3.05) is 19.4 Å². The van der Waals surface area contributed by atoms with Crippen molar-refractivity contribution in [3.63, 3.8) is 0 Å². The first-order valence-corrected chi connectivity index (χ1v) is 5.22. The van der Waals surface area contributed by atoms with E-state index in [2.05, 4.69) is 5.32 Å². The van der Waals surface area contributed by atoms with Crippen molar-refractivity contribution in [3.8, 4) is 0 Å². The van der Waals surface area contributed by atoms with E-state index in [1.165, 1.54) is 0 Å². The van der Waals surface area contributed by atoms with E-state index in [0.29, 0.717) is 11.4 Å². The molecule has 0 spiro atoms. The Balaban J connectivity index is 2.19. The molecule has 0 unspecified atom stereocenters. The Labute approximate surface area is 94.0 Å². The minimum atomic E-state index is -0.145. The summed E-state index contributed by atoms with van der Waals surface area (Å²) in [6.45, 7) is 0. The minimum Gasteiger partial charge on any atom is -0.373 e. The minimum absolute atomic E-state index is 0.0994. The predicted molar refractivity (Wildman–Crippen MR) is 61.3 cm³/mol. The van der Waals surface area contributed by atoms with E-state index in [4.69, 9.17) is 11.6 Å². The molecule has 2 rings (SSSR count). The number of anilines is 1. The van der Waals surface area contributed by atoms with Crippen molar-refractivity contribution in [1.29, 1.82) is 0 Å². The summed E-state index contributed by atoms with van der Waals surface area (Å²) in [6.07, 6.45) is 0.715. The van der Waals surface area contributed by atoms with Gasteiger partial charge in [-0.1, -0.05) is 11.6 Å². The van der Waals surface area contributed by atoms with Crippen LogP contribution in [0.4, 0.5) is 5.69 Å². The van der Waals surface area contributed by atoms with Gasteiger partial charge in [0.25, 0.3) is 0 Å². The maximum absolute atomic E-state index is 11.7. The second kappa shape index (κ2) is 3.74. The van der Waals surface area contributed by atoms with Crippen LogP contribution in [-0.4, -0.2) is 30.9 Å². The molecule has 1 aromatic carbocycles. The van der Waals surface area contributed by atoms with Crippen LogP contribution < -0.4 is 5.32 Å². The molecule has 3 nitrogen and oxygen atoms in total. The number of hydrogen-bond acceptors (Lipinski definition) is 2. The highest BCUT2D eigenvalue weighted by Crippen LogP contribution is 2.28. The Kier molecular flexibility index (Phi) is 2.57. The SMILES string of the molecule is CN(C)C(=O)[C@@H]1Cc2cc(Cl)ccc2N1. The second-order valence-corrected chi connectivity index (χ2v) is 4.37. The molecule has 1 amide bonds. The molecule has 0 aromatic heterocycles. The van der Waals surface area contributed by atoms with Crippen molar-refractivity contribution >= 4 is 23.2 Å². The smallest absolute Gasteiger partial charge is 0.244 e. The number of halogens is 1. The van der Waals surface area contributed by atoms with E-state index in [1.54, 1.807) is 19.0 Å². The molecular formula is C11H13ClN2O. The third-order valence-electron chi connectivity index (χ3n) is 2.56. The molecule has 1 heterocycles. The lowest BCUT2D eigenvalue weighted by Crippen LogP contribution is -2.37. The summed E-state index contributed by atoms with van der Waals surface area (Å²) in [5, 5.41) is 3.91. The standard InChI is InChI=1S/C11H13ClN2O/c1-14(2)11(15)10-6-7-5-8(12)3-4-9(7)13-10/h3-5,10,13H,6H2,1-2H3/t10-/m0/s1. The van der Waals surface area contributed by atoms with Crippen molar-refractivity contribution in [2.45, 2.75) is 12.5 Å². The zero-order chi connectivity index (χ0) is 11.0. The summed E-state index contributed by atoms with van der Waals surface area (Å²) in [5.41, 5.74) is 2.13. The number of rotatable bonds is 1. The van der Waals surface area contributed by atoms with Crippen molar-refractivity contribution in [3.05, 3.63) is 28.8 Å². The lowest BCUT2D eigenvalue weighted by molar-refractivity contribution is -0.129. The zero-order valence-corrected chi connectivity index (χ0v) is 9.51. The first kappa shape index (κ1) is 10.3. The number of benzene rings is 1. The fraction of sp³-hybridized carbons (Fsp3) is 0.364. The van der Waals surface area contributed by atoms with Crippen LogP contribution in [0.15, 0.2) is 18.2 Å². The number of nitrogens with zero attached hydrogens (tertiary/aromatic N) is 1. The van der Waals surface area contributed by atoms with E-state index < -0.39 is 0 Å². The highest BCUT2D eigenvalue weighted by Gasteiger charge is 2.27. The van der Waals surface area contributed by atoms with E-state index >= 15 is 0 Å². The van der Waals surface area contributed by atoms with E-state index in [0.717, 1.165) is 11.3 Å². The molecular weight excluding hydrogens is 212 g/mol. The average molecular weight is 225 g/mol. The van der Waals surface area contributed by atoms with Crippen LogP contribution in [0.1, 0.15) is 5.56 Å². The summed E-state index contributed by atoms with van der Waals surface area (Å²) in [5.74, 6) is 0.0994. The van der Waals surface area contributed by atoms with Gasteiger partial charge in [0, 0.05) is 31.2 Å². The van der Waals surface area contributed by atoms with E-state index in [-0.39, 0.29) is 11.9 Å². The first-order chi connectivity index (χ1) is 7.08. The normalized spacial score (nSPS) is 18.2. The van der Waals surface area contributed by atoms with Gasteiger partial charge >= 0.3 is 0 Å². The van der Waals surface area contributed by atoms with Crippen LogP contribution in [0.2, 0.25) is 5.02 Å². The summed E-state index contributed by atoms with van der Waals surface area (Å²) >= 11 is 5.89. The van der Waals surface area contributed by atoms with E-state index in [9.17, 15) is 4.79 Å². The fourth-order valence-corrected chi connectivity index (χ4v) is 1.99. The van der Waals surface area contributed by atoms with Gasteiger partial charge in [0.2, 0.25) is 5.91 Å². The number of nitrogens with one attached hydrogen (secondary N) is 1. The lowest BCUT2D eigenvalue weighted by atomic mass is 10.1. The number of amides is 1. The lowest BCUT2D eigenvalue weighted by Gasteiger charge is -2.16. The van der Waals surface area contributed by atoms with Crippen LogP contribution in [0.3, 0.4) is 0 Å². The molecule has 0 radical (unpaired) electrons. The number of carbonyl (C=O) groups excluding carboxylic acids is 1. The molecule has 1 aliphatic heterocycles. The first-order valence-electron chi connectivity index (χ1n) is 4.84. The molecule has 80 valence electrons. The third-order valence-corrected chi connectivity index (χ3v) is 2.80. The number of hydrogen-bond donors (Lipinski definition) is 1. The Morgan fingerprint density at radius 1 is 1.53 bits per heavy atom. The predicted octanol–water partition coefficient (Wildman–Crippen LogP) is 1.76. The molecule has 4 heteroatoms. The van der Waals surface area contributed by atoms with Gasteiger partial charge in [0.15, 0.2) is 0 Å². The summed E-state index contributed by atoms with van der Waals surface area (Å²) in [7, 11) is 3.53. The highest BCUT2D eigenvalue weighted by atomic mass is 35.5. The Hall–Kier alpha value is -1.22. The molecule has 0 bridgehead atoms. The second-order valence-electron chi connectivity index (χ2n) is 3.94. The molecule has 1 aromatic rings. The number of carbonyl (C=O) groups is 1. The molecule has 1 atom stereocenters. The quantitative estimate of drug-likeness (QED) is 0.789. The van der Waals surface area contributed by atoms with Crippen molar-refractivity contribution in [2.24, 2.45) is 0 Å². The van der Waals surface area contributed by atoms with Gasteiger partial charge in [-0.3, -0.25) is 4.79 Å². The monoisotopic (exact) mass is 224 g/mol. The Bertz CT molecular complexity index is 404. The van der Waals surface area contributed by atoms with Crippen LogP contribution in [-0.2, 0) is 11.2 Å². The summed E-state index contributed by atoms with van der Waals surface area (Å²) in [6, 6.07) is 5.51. The summed E-state index contributed by atoms with van der Waals surface area (Å²) in [4.78, 5) is 13.3. The molecule has 1 N–H and O–H groups in total. The zero-order valence-electron chi connectivity index (χ0n) is 8.75. The highest BCUT2D eigenvalue weighted by molar-refractivity contribution is 6.30.